The number of carbonyl (C=O) groups is 1. The molecule has 0 aromatic rings. The third-order valence-electron chi connectivity index (χ3n) is 3.25. The van der Waals surface area contributed by atoms with Crippen LogP contribution in [-0.4, -0.2) is 32.4 Å². The van der Waals surface area contributed by atoms with Crippen LogP contribution in [0.2, 0.25) is 0 Å². The van der Waals surface area contributed by atoms with Crippen LogP contribution in [0.3, 0.4) is 0 Å². The fraction of sp³-hybridized carbons (Fsp3) is 0.769. The van der Waals surface area contributed by atoms with Gasteiger partial charge >= 0.3 is 5.97 Å². The molecule has 0 radical (unpaired) electrons. The number of hydrogen-bond acceptors (Lipinski definition) is 4. The van der Waals surface area contributed by atoms with Gasteiger partial charge in [-0.1, -0.05) is 19.3 Å². The van der Waals surface area contributed by atoms with Gasteiger partial charge in [0.15, 0.2) is 0 Å². The number of esters is 1. The Balaban J connectivity index is 1.91. The molecule has 2 rings (SSSR count). The maximum atomic E-state index is 11.6. The first-order chi connectivity index (χ1) is 8.29. The molecule has 1 heterocycles. The summed E-state index contributed by atoms with van der Waals surface area (Å²) in [5, 5.41) is 0. The first-order valence-electron chi connectivity index (χ1n) is 6.34. The number of hydrogen-bond donors (Lipinski definition) is 0. The third kappa shape index (κ3) is 4.04. The molecule has 0 spiro atoms. The Labute approximate surface area is 102 Å². The number of methoxy groups -OCH3 is 1. The fourth-order valence-corrected chi connectivity index (χ4v) is 2.14. The highest BCUT2D eigenvalue weighted by atomic mass is 16.6. The number of ether oxygens (including phenoxy) is 3. The van der Waals surface area contributed by atoms with Crippen molar-refractivity contribution in [2.75, 3.05) is 20.3 Å². The lowest BCUT2D eigenvalue weighted by molar-refractivity contribution is -0.140. The summed E-state index contributed by atoms with van der Waals surface area (Å²) in [7, 11) is 1.38. The highest BCUT2D eigenvalue weighted by Crippen LogP contribution is 2.26. The molecule has 1 saturated heterocycles. The monoisotopic (exact) mass is 240 g/mol. The van der Waals surface area contributed by atoms with Crippen LogP contribution in [-0.2, 0) is 19.0 Å². The molecule has 1 unspecified atom stereocenters. The maximum absolute atomic E-state index is 11.6. The summed E-state index contributed by atoms with van der Waals surface area (Å²) in [6.07, 6.45) is 8.16. The van der Waals surface area contributed by atoms with Gasteiger partial charge in [0.25, 0.3) is 0 Å². The van der Waals surface area contributed by atoms with Gasteiger partial charge in [0.05, 0.1) is 13.7 Å². The first-order valence-corrected chi connectivity index (χ1v) is 6.34. The van der Waals surface area contributed by atoms with Gasteiger partial charge in [-0.05, 0) is 24.8 Å². The van der Waals surface area contributed by atoms with Crippen LogP contribution in [0, 0.1) is 5.92 Å². The molecule has 1 aliphatic heterocycles. The zero-order chi connectivity index (χ0) is 12.1. The second-order valence-electron chi connectivity index (χ2n) is 4.69. The van der Waals surface area contributed by atoms with Crippen molar-refractivity contribution in [3.63, 3.8) is 0 Å². The Morgan fingerprint density at radius 3 is 2.65 bits per heavy atom. The van der Waals surface area contributed by atoms with E-state index in [9.17, 15) is 4.79 Å². The van der Waals surface area contributed by atoms with E-state index in [0.29, 0.717) is 18.3 Å². The molecule has 0 amide bonds. The van der Waals surface area contributed by atoms with Gasteiger partial charge in [-0.2, -0.15) is 0 Å². The van der Waals surface area contributed by atoms with E-state index < -0.39 is 0 Å². The van der Waals surface area contributed by atoms with Gasteiger partial charge in [0.2, 0.25) is 5.76 Å². The van der Waals surface area contributed by atoms with Crippen LogP contribution in [0.5, 0.6) is 0 Å². The van der Waals surface area contributed by atoms with Gasteiger partial charge in [0, 0.05) is 0 Å². The molecule has 0 bridgehead atoms. The Hall–Kier alpha value is -1.03. The lowest BCUT2D eigenvalue weighted by Gasteiger charge is -2.19. The summed E-state index contributed by atoms with van der Waals surface area (Å²) < 4.78 is 15.3. The molecule has 1 atom stereocenters. The number of carbonyl (C=O) groups excluding carboxylic acids is 1. The summed E-state index contributed by atoms with van der Waals surface area (Å²) in [4.78, 5) is 11.6. The highest BCUT2D eigenvalue weighted by Gasteiger charge is 2.25. The van der Waals surface area contributed by atoms with Crippen molar-refractivity contribution in [2.45, 2.75) is 38.2 Å². The minimum atomic E-state index is -0.378. The van der Waals surface area contributed by atoms with Crippen molar-refractivity contribution in [1.29, 1.82) is 0 Å². The van der Waals surface area contributed by atoms with Gasteiger partial charge in [-0.3, -0.25) is 0 Å². The van der Waals surface area contributed by atoms with Crippen LogP contribution in [0.4, 0.5) is 0 Å². The molecule has 1 aliphatic carbocycles. The molecule has 4 heteroatoms. The molecule has 2 fully saturated rings. The zero-order valence-corrected chi connectivity index (χ0v) is 10.3. The van der Waals surface area contributed by atoms with Crippen molar-refractivity contribution < 1.29 is 19.0 Å². The smallest absolute Gasteiger partial charge is 0.372 e. The van der Waals surface area contributed by atoms with E-state index >= 15 is 0 Å². The molecule has 0 aromatic heterocycles. The van der Waals surface area contributed by atoms with E-state index in [1.807, 2.05) is 6.08 Å². The quantitative estimate of drug-likeness (QED) is 0.319. The second kappa shape index (κ2) is 6.05. The van der Waals surface area contributed by atoms with Crippen LogP contribution < -0.4 is 0 Å². The van der Waals surface area contributed by atoms with Crippen molar-refractivity contribution in [2.24, 2.45) is 5.92 Å². The highest BCUT2D eigenvalue weighted by molar-refractivity contribution is 5.86. The minimum absolute atomic E-state index is 0.161. The average Bonchev–Trinajstić information content (AvgIpc) is 3.19. The molecular weight excluding hydrogens is 220 g/mol. The summed E-state index contributed by atoms with van der Waals surface area (Å²) in [5.41, 5.74) is 0. The first kappa shape index (κ1) is 12.4. The van der Waals surface area contributed by atoms with Crippen molar-refractivity contribution >= 4 is 5.97 Å². The van der Waals surface area contributed by atoms with Crippen molar-refractivity contribution in [3.8, 4) is 0 Å². The van der Waals surface area contributed by atoms with E-state index in [1.165, 1.54) is 26.4 Å². The Kier molecular flexibility index (Phi) is 4.42. The van der Waals surface area contributed by atoms with E-state index in [-0.39, 0.29) is 12.1 Å². The van der Waals surface area contributed by atoms with Gasteiger partial charge in [0.1, 0.15) is 12.7 Å². The van der Waals surface area contributed by atoms with Crippen LogP contribution in [0.1, 0.15) is 32.1 Å². The average molecular weight is 240 g/mol. The van der Waals surface area contributed by atoms with E-state index in [1.54, 1.807) is 0 Å². The predicted molar refractivity (Wildman–Crippen MR) is 62.4 cm³/mol. The number of allylic oxidation sites excluding steroid dienone is 1. The molecular formula is C13H20O4. The second-order valence-corrected chi connectivity index (χ2v) is 4.69. The van der Waals surface area contributed by atoms with E-state index in [4.69, 9.17) is 14.2 Å². The topological polar surface area (TPSA) is 48.1 Å². The summed E-state index contributed by atoms with van der Waals surface area (Å²) in [5.74, 6) is 0.434. The number of epoxide rings is 1. The summed E-state index contributed by atoms with van der Waals surface area (Å²) in [6.45, 7) is 1.19. The molecule has 96 valence electrons. The Bertz CT molecular complexity index is 288. The molecule has 0 N–H and O–H groups in total. The Morgan fingerprint density at radius 2 is 2.06 bits per heavy atom. The van der Waals surface area contributed by atoms with Crippen LogP contribution >= 0.6 is 0 Å². The largest absolute Gasteiger partial charge is 0.484 e. The molecule has 0 aromatic carbocycles. The SMILES string of the molecule is COC(=O)C(=CC1CCCCC1)OCC1CO1. The van der Waals surface area contributed by atoms with Crippen molar-refractivity contribution in [1.82, 2.24) is 0 Å². The fourth-order valence-electron chi connectivity index (χ4n) is 2.14. The zero-order valence-electron chi connectivity index (χ0n) is 10.3. The third-order valence-corrected chi connectivity index (χ3v) is 3.25. The molecule has 1 saturated carbocycles. The van der Waals surface area contributed by atoms with Crippen LogP contribution in [0.15, 0.2) is 11.8 Å². The number of rotatable bonds is 5. The van der Waals surface area contributed by atoms with Gasteiger partial charge in [-0.25, -0.2) is 4.79 Å². The molecule has 4 nitrogen and oxygen atoms in total. The Morgan fingerprint density at radius 1 is 1.35 bits per heavy atom. The normalized spacial score (nSPS) is 25.5. The maximum Gasteiger partial charge on any atom is 0.372 e. The lowest BCUT2D eigenvalue weighted by Crippen LogP contribution is -2.14. The molecule has 17 heavy (non-hydrogen) atoms. The van der Waals surface area contributed by atoms with E-state index in [2.05, 4.69) is 0 Å². The predicted octanol–water partition coefficient (Wildman–Crippen LogP) is 2.04. The minimum Gasteiger partial charge on any atom is -0.484 e. The van der Waals surface area contributed by atoms with Gasteiger partial charge < -0.3 is 14.2 Å². The van der Waals surface area contributed by atoms with E-state index in [0.717, 1.165) is 19.4 Å². The van der Waals surface area contributed by atoms with Crippen molar-refractivity contribution in [3.05, 3.63) is 11.8 Å². The summed E-state index contributed by atoms with van der Waals surface area (Å²) >= 11 is 0. The van der Waals surface area contributed by atoms with Gasteiger partial charge in [-0.15, -0.1) is 0 Å². The summed E-state index contributed by atoms with van der Waals surface area (Å²) in [6, 6.07) is 0. The molecule has 2 aliphatic rings. The standard InChI is InChI=1S/C13H20O4/c1-15-13(14)12(17-9-11-8-16-11)7-10-5-3-2-4-6-10/h7,10-11H,2-6,8-9H2,1H3. The lowest BCUT2D eigenvalue weighted by atomic mass is 9.89. The van der Waals surface area contributed by atoms with Crippen LogP contribution in [0.25, 0.3) is 0 Å².